The molecular weight excluding hydrogens is 284 g/mol. The molecule has 2 rings (SSSR count). The monoisotopic (exact) mass is 294 g/mol. The smallest absolute Gasteiger partial charge is 0.357 e. The summed E-state index contributed by atoms with van der Waals surface area (Å²) < 4.78 is 5.47. The van der Waals surface area contributed by atoms with Gasteiger partial charge in [-0.15, -0.1) is 0 Å². The van der Waals surface area contributed by atoms with E-state index < -0.39 is 5.97 Å². The van der Waals surface area contributed by atoms with Crippen LogP contribution in [0.25, 0.3) is 10.8 Å². The van der Waals surface area contributed by atoms with E-state index in [1.807, 2.05) is 19.1 Å². The largest absolute Gasteiger partial charge is 0.464 e. The van der Waals surface area contributed by atoms with Crippen LogP contribution in [0.15, 0.2) is 22.8 Å². The van der Waals surface area contributed by atoms with Gasteiger partial charge in [-0.1, -0.05) is 0 Å². The first-order chi connectivity index (χ1) is 8.04. The van der Waals surface area contributed by atoms with Gasteiger partial charge < -0.3 is 10.5 Å². The van der Waals surface area contributed by atoms with Crippen molar-refractivity contribution in [3.05, 3.63) is 34.1 Å². The van der Waals surface area contributed by atoms with E-state index in [2.05, 4.69) is 20.9 Å². The Balaban J connectivity index is 2.89. The van der Waals surface area contributed by atoms with Crippen molar-refractivity contribution in [3.63, 3.8) is 0 Å². The van der Waals surface area contributed by atoms with Crippen LogP contribution in [0.4, 0.5) is 5.69 Å². The minimum atomic E-state index is -0.465. The maximum absolute atomic E-state index is 11.6. The molecule has 0 unspecified atom stereocenters. The molecule has 0 saturated heterocycles. The van der Waals surface area contributed by atoms with E-state index in [-0.39, 0.29) is 5.69 Å². The van der Waals surface area contributed by atoms with Crippen molar-refractivity contribution in [1.29, 1.82) is 0 Å². The Kier molecular flexibility index (Phi) is 3.02. The van der Waals surface area contributed by atoms with Crippen molar-refractivity contribution in [2.75, 3.05) is 12.8 Å². The lowest BCUT2D eigenvalue weighted by atomic mass is 10.0. The Bertz CT molecular complexity index is 611. The number of ether oxygens (including phenoxy) is 1. The van der Waals surface area contributed by atoms with Crippen molar-refractivity contribution < 1.29 is 9.53 Å². The zero-order valence-corrected chi connectivity index (χ0v) is 11.0. The number of nitrogens with two attached hydrogens (primary N) is 1. The molecule has 0 radical (unpaired) electrons. The molecule has 2 N–H and O–H groups in total. The van der Waals surface area contributed by atoms with Gasteiger partial charge in [0.25, 0.3) is 0 Å². The SMILES string of the molecule is COC(=O)c1ncc(Br)c2c(N)cc(C)cc12. The molecule has 0 aliphatic rings. The van der Waals surface area contributed by atoms with Gasteiger partial charge in [-0.2, -0.15) is 0 Å². The predicted molar refractivity (Wildman–Crippen MR) is 69.9 cm³/mol. The van der Waals surface area contributed by atoms with Crippen LogP contribution >= 0.6 is 15.9 Å². The summed E-state index contributed by atoms with van der Waals surface area (Å²) in [5, 5.41) is 1.48. The van der Waals surface area contributed by atoms with Gasteiger partial charge in [-0.05, 0) is 40.5 Å². The van der Waals surface area contributed by atoms with E-state index >= 15 is 0 Å². The maximum atomic E-state index is 11.6. The molecule has 0 spiro atoms. The van der Waals surface area contributed by atoms with Gasteiger partial charge in [0.1, 0.15) is 0 Å². The molecule has 1 heterocycles. The molecule has 17 heavy (non-hydrogen) atoms. The lowest BCUT2D eigenvalue weighted by molar-refractivity contribution is 0.0596. The Labute approximate surface area is 107 Å². The molecule has 0 atom stereocenters. The summed E-state index contributed by atoms with van der Waals surface area (Å²) in [4.78, 5) is 15.7. The number of hydrogen-bond acceptors (Lipinski definition) is 4. The fourth-order valence-corrected chi connectivity index (χ4v) is 2.33. The van der Waals surface area contributed by atoms with E-state index in [4.69, 9.17) is 10.5 Å². The van der Waals surface area contributed by atoms with Crippen LogP contribution in [0.2, 0.25) is 0 Å². The molecular formula is C12H11BrN2O2. The summed E-state index contributed by atoms with van der Waals surface area (Å²) in [6.45, 7) is 1.91. The molecule has 2 aromatic rings. The lowest BCUT2D eigenvalue weighted by Crippen LogP contribution is -2.06. The molecule has 0 aliphatic heterocycles. The normalized spacial score (nSPS) is 10.5. The van der Waals surface area contributed by atoms with Crippen LogP contribution in [0, 0.1) is 6.92 Å². The molecule has 5 heteroatoms. The highest BCUT2D eigenvalue weighted by Gasteiger charge is 2.15. The van der Waals surface area contributed by atoms with Gasteiger partial charge in [0.15, 0.2) is 5.69 Å². The summed E-state index contributed by atoms with van der Waals surface area (Å²) in [6.07, 6.45) is 1.56. The van der Waals surface area contributed by atoms with Crippen molar-refractivity contribution in [1.82, 2.24) is 4.98 Å². The fourth-order valence-electron chi connectivity index (χ4n) is 1.78. The molecule has 88 valence electrons. The fraction of sp³-hybridized carbons (Fsp3) is 0.167. The molecule has 0 saturated carbocycles. The molecule has 0 aliphatic carbocycles. The van der Waals surface area contributed by atoms with E-state index in [0.29, 0.717) is 11.1 Å². The Morgan fingerprint density at radius 3 is 2.82 bits per heavy atom. The zero-order valence-electron chi connectivity index (χ0n) is 9.45. The average Bonchev–Trinajstić information content (AvgIpc) is 2.27. The number of carbonyl (C=O) groups is 1. The predicted octanol–water partition coefficient (Wildman–Crippen LogP) is 2.67. The third-order valence-electron chi connectivity index (χ3n) is 2.49. The highest BCUT2D eigenvalue weighted by molar-refractivity contribution is 9.10. The van der Waals surface area contributed by atoms with Gasteiger partial charge in [-0.3, -0.25) is 0 Å². The lowest BCUT2D eigenvalue weighted by Gasteiger charge is -2.09. The minimum absolute atomic E-state index is 0.279. The van der Waals surface area contributed by atoms with Crippen LogP contribution in [0.5, 0.6) is 0 Å². The second-order valence-corrected chi connectivity index (χ2v) is 4.58. The number of anilines is 1. The Hall–Kier alpha value is -1.62. The minimum Gasteiger partial charge on any atom is -0.464 e. The van der Waals surface area contributed by atoms with Gasteiger partial charge in [0.2, 0.25) is 0 Å². The van der Waals surface area contributed by atoms with E-state index in [1.165, 1.54) is 7.11 Å². The van der Waals surface area contributed by atoms with E-state index in [0.717, 1.165) is 15.4 Å². The number of nitrogen functional groups attached to an aromatic ring is 1. The number of pyridine rings is 1. The number of halogens is 1. The number of aryl methyl sites for hydroxylation is 1. The average molecular weight is 295 g/mol. The summed E-state index contributed by atoms with van der Waals surface area (Å²) in [5.41, 5.74) is 7.82. The second-order valence-electron chi connectivity index (χ2n) is 3.72. The van der Waals surface area contributed by atoms with E-state index in [9.17, 15) is 4.79 Å². The number of nitrogens with zero attached hydrogens (tertiary/aromatic N) is 1. The molecule has 1 aromatic carbocycles. The van der Waals surface area contributed by atoms with Gasteiger partial charge in [-0.25, -0.2) is 9.78 Å². The van der Waals surface area contributed by atoms with Gasteiger partial charge in [0.05, 0.1) is 7.11 Å². The molecule has 4 nitrogen and oxygen atoms in total. The first-order valence-electron chi connectivity index (χ1n) is 4.97. The topological polar surface area (TPSA) is 65.2 Å². The second kappa shape index (κ2) is 4.33. The van der Waals surface area contributed by atoms with Crippen molar-refractivity contribution in [2.24, 2.45) is 0 Å². The molecule has 0 bridgehead atoms. The summed E-state index contributed by atoms with van der Waals surface area (Å²) in [7, 11) is 1.33. The van der Waals surface area contributed by atoms with Crippen molar-refractivity contribution in [2.45, 2.75) is 6.92 Å². The number of aromatic nitrogens is 1. The van der Waals surface area contributed by atoms with Crippen LogP contribution in [0.1, 0.15) is 16.1 Å². The zero-order chi connectivity index (χ0) is 12.6. The van der Waals surface area contributed by atoms with Crippen LogP contribution in [-0.4, -0.2) is 18.1 Å². The van der Waals surface area contributed by atoms with Crippen molar-refractivity contribution >= 4 is 38.4 Å². The van der Waals surface area contributed by atoms with Gasteiger partial charge >= 0.3 is 5.97 Å². The van der Waals surface area contributed by atoms with Gasteiger partial charge in [0, 0.05) is 27.1 Å². The third-order valence-corrected chi connectivity index (χ3v) is 3.09. The van der Waals surface area contributed by atoms with Crippen LogP contribution in [0.3, 0.4) is 0 Å². The summed E-state index contributed by atoms with van der Waals surface area (Å²) in [6, 6.07) is 3.73. The Morgan fingerprint density at radius 2 is 2.18 bits per heavy atom. The van der Waals surface area contributed by atoms with Crippen molar-refractivity contribution in [3.8, 4) is 0 Å². The highest BCUT2D eigenvalue weighted by atomic mass is 79.9. The summed E-state index contributed by atoms with van der Waals surface area (Å²) in [5.74, 6) is -0.465. The number of hydrogen-bond donors (Lipinski definition) is 1. The number of esters is 1. The quantitative estimate of drug-likeness (QED) is 0.649. The van der Waals surface area contributed by atoms with E-state index in [1.54, 1.807) is 6.20 Å². The number of benzene rings is 1. The highest BCUT2D eigenvalue weighted by Crippen LogP contribution is 2.31. The third kappa shape index (κ3) is 1.98. The molecule has 0 amide bonds. The van der Waals surface area contributed by atoms with Crippen LogP contribution in [-0.2, 0) is 4.74 Å². The first kappa shape index (κ1) is 11.9. The number of fused-ring (bicyclic) bond motifs is 1. The molecule has 1 aromatic heterocycles. The maximum Gasteiger partial charge on any atom is 0.357 e. The standard InChI is InChI=1S/C12H11BrN2O2/c1-6-3-7-10(9(14)4-6)8(13)5-15-11(7)12(16)17-2/h3-5H,14H2,1-2H3. The number of rotatable bonds is 1. The number of methoxy groups -OCH3 is 1. The van der Waals surface area contributed by atoms with Crippen LogP contribution < -0.4 is 5.73 Å². The first-order valence-corrected chi connectivity index (χ1v) is 5.76. The number of carbonyl (C=O) groups excluding carboxylic acids is 1. The Morgan fingerprint density at radius 1 is 1.47 bits per heavy atom. The molecule has 0 fully saturated rings. The summed E-state index contributed by atoms with van der Waals surface area (Å²) >= 11 is 3.38.